The van der Waals surface area contributed by atoms with Gasteiger partial charge in [-0.1, -0.05) is 58.0 Å². The highest BCUT2D eigenvalue weighted by Gasteiger charge is 2.11. The van der Waals surface area contributed by atoms with Crippen molar-refractivity contribution in [2.75, 3.05) is 13.2 Å². The van der Waals surface area contributed by atoms with Gasteiger partial charge in [0, 0.05) is 5.39 Å². The molecule has 0 atom stereocenters. The third-order valence-electron chi connectivity index (χ3n) is 3.74. The molecule has 0 saturated carbocycles. The molecule has 0 amide bonds. The van der Waals surface area contributed by atoms with Crippen LogP contribution in [0.1, 0.15) is 40.5 Å². The summed E-state index contributed by atoms with van der Waals surface area (Å²) in [5.74, 6) is 3.04. The Morgan fingerprint density at radius 1 is 0.773 bits per heavy atom. The molecule has 0 N–H and O–H groups in total. The fraction of sp³-hybridized carbons (Fsp3) is 0.500. The highest BCUT2D eigenvalue weighted by molar-refractivity contribution is 5.90. The second-order valence-corrected chi connectivity index (χ2v) is 6.68. The topological polar surface area (TPSA) is 18.5 Å². The van der Waals surface area contributed by atoms with E-state index in [1.54, 1.807) is 0 Å². The van der Waals surface area contributed by atoms with E-state index in [4.69, 9.17) is 9.47 Å². The van der Waals surface area contributed by atoms with E-state index in [2.05, 4.69) is 58.0 Å². The van der Waals surface area contributed by atoms with E-state index in [0.29, 0.717) is 11.8 Å². The van der Waals surface area contributed by atoms with Gasteiger partial charge < -0.3 is 9.47 Å². The van der Waals surface area contributed by atoms with Crippen LogP contribution in [0.2, 0.25) is 0 Å². The van der Waals surface area contributed by atoms with E-state index in [-0.39, 0.29) is 0 Å². The van der Waals surface area contributed by atoms with Gasteiger partial charge >= 0.3 is 0 Å². The first kappa shape index (κ1) is 16.7. The Morgan fingerprint density at radius 2 is 1.41 bits per heavy atom. The van der Waals surface area contributed by atoms with Crippen LogP contribution in [-0.4, -0.2) is 13.2 Å². The van der Waals surface area contributed by atoms with Crippen molar-refractivity contribution in [3.8, 4) is 11.5 Å². The van der Waals surface area contributed by atoms with E-state index < -0.39 is 0 Å². The molecule has 120 valence electrons. The zero-order valence-electron chi connectivity index (χ0n) is 14.3. The van der Waals surface area contributed by atoms with Crippen LogP contribution < -0.4 is 9.47 Å². The minimum atomic E-state index is 0.639. The summed E-state index contributed by atoms with van der Waals surface area (Å²) in [6.07, 6.45) is 2.10. The lowest BCUT2D eigenvalue weighted by atomic mass is 10.1. The van der Waals surface area contributed by atoms with Crippen molar-refractivity contribution in [3.05, 3.63) is 36.4 Å². The molecule has 0 aliphatic heterocycles. The Hall–Kier alpha value is -1.70. The number of benzene rings is 2. The minimum absolute atomic E-state index is 0.639. The number of hydrogen-bond donors (Lipinski definition) is 0. The summed E-state index contributed by atoms with van der Waals surface area (Å²) in [5.41, 5.74) is 0. The first-order valence-electron chi connectivity index (χ1n) is 8.35. The largest absolute Gasteiger partial charge is 0.490 e. The summed E-state index contributed by atoms with van der Waals surface area (Å²) in [6.45, 7) is 10.3. The van der Waals surface area contributed by atoms with Crippen LogP contribution in [0, 0.1) is 11.8 Å². The molecular weight excluding hydrogens is 272 g/mol. The molecule has 2 aromatic rings. The minimum Gasteiger partial charge on any atom is -0.490 e. The summed E-state index contributed by atoms with van der Waals surface area (Å²) in [7, 11) is 0. The SMILES string of the molecule is CC(C)CCOc1ccc2ccccc2c1OCCC(C)C. The summed E-state index contributed by atoms with van der Waals surface area (Å²) < 4.78 is 12.1. The lowest BCUT2D eigenvalue weighted by Crippen LogP contribution is -2.06. The predicted molar refractivity (Wildman–Crippen MR) is 93.8 cm³/mol. The predicted octanol–water partition coefficient (Wildman–Crippen LogP) is 5.69. The molecule has 0 aromatic heterocycles. The molecule has 0 radical (unpaired) electrons. The number of fused-ring (bicyclic) bond motifs is 1. The van der Waals surface area contributed by atoms with Gasteiger partial charge in [0.05, 0.1) is 13.2 Å². The van der Waals surface area contributed by atoms with Crippen LogP contribution in [0.5, 0.6) is 11.5 Å². The normalized spacial score (nSPS) is 11.4. The van der Waals surface area contributed by atoms with E-state index in [9.17, 15) is 0 Å². The second-order valence-electron chi connectivity index (χ2n) is 6.68. The van der Waals surface area contributed by atoms with E-state index in [0.717, 1.165) is 42.9 Å². The van der Waals surface area contributed by atoms with Gasteiger partial charge in [0.2, 0.25) is 0 Å². The van der Waals surface area contributed by atoms with Crippen LogP contribution in [0.3, 0.4) is 0 Å². The molecule has 0 fully saturated rings. The molecule has 0 unspecified atom stereocenters. The third-order valence-corrected chi connectivity index (χ3v) is 3.74. The van der Waals surface area contributed by atoms with Crippen molar-refractivity contribution in [2.24, 2.45) is 11.8 Å². The number of rotatable bonds is 8. The molecule has 0 heterocycles. The van der Waals surface area contributed by atoms with Gasteiger partial charge in [0.15, 0.2) is 11.5 Å². The van der Waals surface area contributed by atoms with Crippen LogP contribution in [0.15, 0.2) is 36.4 Å². The second kappa shape index (κ2) is 8.07. The molecule has 2 nitrogen and oxygen atoms in total. The van der Waals surface area contributed by atoms with Gasteiger partial charge in [-0.15, -0.1) is 0 Å². The summed E-state index contributed by atoms with van der Waals surface area (Å²) >= 11 is 0. The van der Waals surface area contributed by atoms with Gasteiger partial charge in [-0.25, -0.2) is 0 Å². The monoisotopic (exact) mass is 300 g/mol. The average Bonchev–Trinajstić information content (AvgIpc) is 2.48. The lowest BCUT2D eigenvalue weighted by Gasteiger charge is -2.16. The zero-order chi connectivity index (χ0) is 15.9. The Kier molecular flexibility index (Phi) is 6.11. The molecule has 2 rings (SSSR count). The molecule has 2 heteroatoms. The maximum Gasteiger partial charge on any atom is 0.168 e. The summed E-state index contributed by atoms with van der Waals surface area (Å²) in [4.78, 5) is 0. The number of ether oxygens (including phenoxy) is 2. The molecule has 22 heavy (non-hydrogen) atoms. The lowest BCUT2D eigenvalue weighted by molar-refractivity contribution is 0.249. The molecule has 0 spiro atoms. The first-order valence-corrected chi connectivity index (χ1v) is 8.35. The van der Waals surface area contributed by atoms with E-state index in [1.165, 1.54) is 5.39 Å². The Bertz CT molecular complexity index is 587. The van der Waals surface area contributed by atoms with Crippen LogP contribution in [0.4, 0.5) is 0 Å². The quantitative estimate of drug-likeness (QED) is 0.623. The molecule has 0 aliphatic carbocycles. The smallest absolute Gasteiger partial charge is 0.168 e. The fourth-order valence-electron chi connectivity index (χ4n) is 2.29. The number of hydrogen-bond acceptors (Lipinski definition) is 2. The Balaban J connectivity index is 2.21. The highest BCUT2D eigenvalue weighted by atomic mass is 16.5. The van der Waals surface area contributed by atoms with Gasteiger partial charge in [-0.05, 0) is 36.1 Å². The van der Waals surface area contributed by atoms with Crippen molar-refractivity contribution in [3.63, 3.8) is 0 Å². The van der Waals surface area contributed by atoms with Crippen molar-refractivity contribution < 1.29 is 9.47 Å². The fourth-order valence-corrected chi connectivity index (χ4v) is 2.29. The standard InChI is InChI=1S/C20H28O2/c1-15(2)11-13-21-19-10-9-17-7-5-6-8-18(17)20(19)22-14-12-16(3)4/h5-10,15-16H,11-14H2,1-4H3. The van der Waals surface area contributed by atoms with Gasteiger partial charge in [0.1, 0.15) is 0 Å². The van der Waals surface area contributed by atoms with Crippen LogP contribution in [-0.2, 0) is 0 Å². The van der Waals surface area contributed by atoms with Crippen molar-refractivity contribution in [1.29, 1.82) is 0 Å². The molecular formula is C20H28O2. The van der Waals surface area contributed by atoms with Crippen LogP contribution >= 0.6 is 0 Å². The summed E-state index contributed by atoms with van der Waals surface area (Å²) in [6, 6.07) is 12.5. The molecule has 0 bridgehead atoms. The Morgan fingerprint density at radius 3 is 2.09 bits per heavy atom. The van der Waals surface area contributed by atoms with Gasteiger partial charge in [-0.2, -0.15) is 0 Å². The van der Waals surface area contributed by atoms with Gasteiger partial charge in [0.25, 0.3) is 0 Å². The molecule has 0 aliphatic rings. The van der Waals surface area contributed by atoms with Crippen molar-refractivity contribution >= 4 is 10.8 Å². The summed E-state index contributed by atoms with van der Waals surface area (Å²) in [5, 5.41) is 2.33. The zero-order valence-corrected chi connectivity index (χ0v) is 14.3. The van der Waals surface area contributed by atoms with Crippen molar-refractivity contribution in [1.82, 2.24) is 0 Å². The van der Waals surface area contributed by atoms with Crippen LogP contribution in [0.25, 0.3) is 10.8 Å². The maximum atomic E-state index is 6.09. The van der Waals surface area contributed by atoms with Gasteiger partial charge in [-0.3, -0.25) is 0 Å². The third kappa shape index (κ3) is 4.66. The van der Waals surface area contributed by atoms with Crippen molar-refractivity contribution in [2.45, 2.75) is 40.5 Å². The average molecular weight is 300 g/mol. The Labute approximate surface area is 134 Å². The van der Waals surface area contributed by atoms with E-state index >= 15 is 0 Å². The van der Waals surface area contributed by atoms with E-state index in [1.807, 2.05) is 6.07 Å². The first-order chi connectivity index (χ1) is 10.6. The highest BCUT2D eigenvalue weighted by Crippen LogP contribution is 2.36. The molecule has 0 saturated heterocycles. The maximum absolute atomic E-state index is 6.09. The molecule has 2 aromatic carbocycles.